The molecule has 0 aliphatic heterocycles. The van der Waals surface area contributed by atoms with E-state index in [1.807, 2.05) is 22.7 Å². The van der Waals surface area contributed by atoms with Crippen LogP contribution in [0.1, 0.15) is 72.5 Å². The van der Waals surface area contributed by atoms with Gasteiger partial charge < -0.3 is 57.4 Å². The summed E-state index contributed by atoms with van der Waals surface area (Å²) >= 11 is 3.75. The van der Waals surface area contributed by atoms with Gasteiger partial charge in [-0.15, -0.1) is 0 Å². The van der Waals surface area contributed by atoms with Gasteiger partial charge in [-0.05, 0) is 12.8 Å². The number of aromatic nitrogens is 2. The third-order valence-electron chi connectivity index (χ3n) is 5.93. The van der Waals surface area contributed by atoms with Gasteiger partial charge in [0.1, 0.15) is 13.1 Å². The second kappa shape index (κ2) is 19.9. The Morgan fingerprint density at radius 1 is 0.625 bits per heavy atom. The van der Waals surface area contributed by atoms with Crippen molar-refractivity contribution >= 4 is 22.7 Å². The average Bonchev–Trinajstić information content (AvgIpc) is 3.28. The normalized spacial score (nSPS) is 10.8. The molecular formula is C24H42I2N2O2S2. The Balaban J connectivity index is 0.00000480. The number of nitrogens with zero attached hydrogens (tertiary/aromatic N) is 2. The SMILES string of the molecule is COCCc1sc[n+](CCCCCCCCCC[n+]2csc(CCOC)c2C)c1C.[I-].[I-]. The van der Waals surface area contributed by atoms with E-state index in [1.54, 1.807) is 14.2 Å². The summed E-state index contributed by atoms with van der Waals surface area (Å²) in [4.78, 5) is 2.94. The van der Waals surface area contributed by atoms with Gasteiger partial charge in [0.15, 0.2) is 11.4 Å². The van der Waals surface area contributed by atoms with Crippen LogP contribution in [0.3, 0.4) is 0 Å². The number of hydrogen-bond donors (Lipinski definition) is 0. The summed E-state index contributed by atoms with van der Waals surface area (Å²) in [7, 11) is 3.56. The van der Waals surface area contributed by atoms with Gasteiger partial charge in [0.2, 0.25) is 11.0 Å². The minimum absolute atomic E-state index is 0. The fourth-order valence-corrected chi connectivity index (χ4v) is 5.85. The summed E-state index contributed by atoms with van der Waals surface area (Å²) in [5.41, 5.74) is 7.44. The zero-order chi connectivity index (χ0) is 21.6. The van der Waals surface area contributed by atoms with Crippen LogP contribution >= 0.6 is 22.7 Å². The maximum absolute atomic E-state index is 5.20. The molecule has 8 heteroatoms. The average molecular weight is 709 g/mol. The lowest BCUT2D eigenvalue weighted by molar-refractivity contribution is -0.698. The number of hydrogen-bond acceptors (Lipinski definition) is 4. The molecule has 2 aromatic rings. The minimum atomic E-state index is 0. The summed E-state index contributed by atoms with van der Waals surface area (Å²) in [6.45, 7) is 8.47. The van der Waals surface area contributed by atoms with Crippen LogP contribution in [0.25, 0.3) is 0 Å². The molecule has 0 aliphatic carbocycles. The van der Waals surface area contributed by atoms with E-state index < -0.39 is 0 Å². The lowest BCUT2D eigenvalue weighted by Gasteiger charge is -2.01. The van der Waals surface area contributed by atoms with Crippen LogP contribution in [-0.4, -0.2) is 27.4 Å². The lowest BCUT2D eigenvalue weighted by atomic mass is 10.1. The van der Waals surface area contributed by atoms with Crippen molar-refractivity contribution in [3.05, 3.63) is 32.2 Å². The van der Waals surface area contributed by atoms with E-state index in [9.17, 15) is 0 Å². The number of rotatable bonds is 17. The smallest absolute Gasteiger partial charge is 0.225 e. The highest BCUT2D eigenvalue weighted by molar-refractivity contribution is 7.09. The van der Waals surface area contributed by atoms with Gasteiger partial charge in [0, 0.05) is 53.8 Å². The third-order valence-corrected chi connectivity index (χ3v) is 8.22. The molecule has 4 nitrogen and oxygen atoms in total. The molecule has 0 radical (unpaired) electrons. The molecule has 186 valence electrons. The Morgan fingerprint density at radius 2 is 0.969 bits per heavy atom. The molecule has 0 atom stereocenters. The number of aryl methyl sites for hydroxylation is 2. The minimum Gasteiger partial charge on any atom is -1.00 e. The number of ether oxygens (including phenoxy) is 2. The van der Waals surface area contributed by atoms with E-state index in [2.05, 4.69) is 34.0 Å². The number of halogens is 2. The molecule has 0 saturated carbocycles. The first-order valence-corrected chi connectivity index (χ1v) is 13.3. The van der Waals surface area contributed by atoms with Crippen molar-refractivity contribution < 1.29 is 66.6 Å². The summed E-state index contributed by atoms with van der Waals surface area (Å²) in [6, 6.07) is 0. The van der Waals surface area contributed by atoms with Gasteiger partial charge >= 0.3 is 0 Å². The Morgan fingerprint density at radius 3 is 1.31 bits per heavy atom. The molecule has 0 amide bonds. The van der Waals surface area contributed by atoms with Crippen molar-refractivity contribution in [1.29, 1.82) is 0 Å². The standard InChI is InChI=1S/C24H42N2O2S2.2HI/c1-21-23(13-17-27-3)29-19-25(21)15-11-9-7-5-6-8-10-12-16-26-20-30-24(22(26)2)14-18-28-4;;/h19-20H,5-18H2,1-4H3;2*1H/q+2;;/p-2. The van der Waals surface area contributed by atoms with Crippen molar-refractivity contribution in [1.82, 2.24) is 0 Å². The topological polar surface area (TPSA) is 26.2 Å². The monoisotopic (exact) mass is 708 g/mol. The van der Waals surface area contributed by atoms with E-state index in [0.717, 1.165) is 26.1 Å². The van der Waals surface area contributed by atoms with Crippen LogP contribution in [0, 0.1) is 13.8 Å². The molecule has 0 N–H and O–H groups in total. The quantitative estimate of drug-likeness (QED) is 0.123. The molecular weight excluding hydrogens is 666 g/mol. The first-order chi connectivity index (χ1) is 14.7. The van der Waals surface area contributed by atoms with Crippen molar-refractivity contribution in [3.63, 3.8) is 0 Å². The summed E-state index contributed by atoms with van der Waals surface area (Å²) in [5.74, 6) is 0. The van der Waals surface area contributed by atoms with Gasteiger partial charge in [-0.2, -0.15) is 9.13 Å². The third kappa shape index (κ3) is 11.9. The highest BCUT2D eigenvalue weighted by Crippen LogP contribution is 2.14. The molecule has 0 bridgehead atoms. The maximum Gasteiger partial charge on any atom is 0.225 e. The fraction of sp³-hybridized carbons (Fsp3) is 0.750. The zero-order valence-corrected chi connectivity index (χ0v) is 26.3. The second-order valence-electron chi connectivity index (χ2n) is 8.16. The molecule has 2 aromatic heterocycles. The molecule has 0 saturated heterocycles. The highest BCUT2D eigenvalue weighted by atomic mass is 127. The maximum atomic E-state index is 5.20. The Labute approximate surface area is 238 Å². The van der Waals surface area contributed by atoms with Crippen LogP contribution in [0.5, 0.6) is 0 Å². The Hall–Kier alpha value is 0.640. The molecule has 0 aromatic carbocycles. The molecule has 2 rings (SSSR count). The van der Waals surface area contributed by atoms with Gasteiger partial charge in [-0.25, -0.2) is 0 Å². The molecule has 0 unspecified atom stereocenters. The summed E-state index contributed by atoms with van der Waals surface area (Å²) < 4.78 is 15.3. The lowest BCUT2D eigenvalue weighted by Crippen LogP contribution is -3.00. The van der Waals surface area contributed by atoms with Crippen LogP contribution in [0.2, 0.25) is 0 Å². The van der Waals surface area contributed by atoms with E-state index in [0.29, 0.717) is 0 Å². The molecule has 2 heterocycles. The zero-order valence-electron chi connectivity index (χ0n) is 20.3. The molecule has 32 heavy (non-hydrogen) atoms. The van der Waals surface area contributed by atoms with Crippen molar-refractivity contribution in [2.75, 3.05) is 27.4 Å². The molecule has 0 fully saturated rings. The first kappa shape index (κ1) is 32.6. The predicted octanol–water partition coefficient (Wildman–Crippen LogP) is -0.792. The second-order valence-corrected chi connectivity index (χ2v) is 10.0. The fourth-order valence-electron chi connectivity index (χ4n) is 3.84. The van der Waals surface area contributed by atoms with Crippen LogP contribution in [0.4, 0.5) is 0 Å². The molecule has 0 spiro atoms. The van der Waals surface area contributed by atoms with Gasteiger partial charge in [-0.1, -0.05) is 48.4 Å². The van der Waals surface area contributed by atoms with Crippen LogP contribution < -0.4 is 57.1 Å². The van der Waals surface area contributed by atoms with Crippen LogP contribution in [0.15, 0.2) is 11.0 Å². The predicted molar refractivity (Wildman–Crippen MR) is 127 cm³/mol. The first-order valence-electron chi connectivity index (χ1n) is 11.6. The van der Waals surface area contributed by atoms with E-state index >= 15 is 0 Å². The van der Waals surface area contributed by atoms with E-state index in [-0.39, 0.29) is 48.0 Å². The largest absolute Gasteiger partial charge is 1.00 e. The van der Waals surface area contributed by atoms with Crippen molar-refractivity contribution in [2.45, 2.75) is 91.1 Å². The van der Waals surface area contributed by atoms with Gasteiger partial charge in [0.05, 0.1) is 23.0 Å². The Bertz CT molecular complexity index is 663. The van der Waals surface area contributed by atoms with Crippen LogP contribution in [-0.2, 0) is 35.4 Å². The van der Waals surface area contributed by atoms with E-state index in [1.165, 1.54) is 85.6 Å². The summed E-state index contributed by atoms with van der Waals surface area (Å²) in [5, 5.41) is 0. The van der Waals surface area contributed by atoms with Crippen molar-refractivity contribution in [3.8, 4) is 0 Å². The number of thiazole rings is 2. The number of methoxy groups -OCH3 is 2. The van der Waals surface area contributed by atoms with Gasteiger partial charge in [0.25, 0.3) is 0 Å². The number of unbranched alkanes of at least 4 members (excludes halogenated alkanes) is 7. The van der Waals surface area contributed by atoms with Gasteiger partial charge in [-0.3, -0.25) is 0 Å². The molecule has 0 aliphatic rings. The van der Waals surface area contributed by atoms with Crippen molar-refractivity contribution in [2.24, 2.45) is 0 Å². The highest BCUT2D eigenvalue weighted by Gasteiger charge is 2.15. The summed E-state index contributed by atoms with van der Waals surface area (Å²) in [6.07, 6.45) is 12.9. The van der Waals surface area contributed by atoms with E-state index in [4.69, 9.17) is 9.47 Å². The Kier molecular flexibility index (Phi) is 20.3.